The minimum absolute atomic E-state index is 0.0229. The molecule has 0 saturated heterocycles. The second-order valence-electron chi connectivity index (χ2n) is 13.2. The Morgan fingerprint density at radius 1 is 1.10 bits per heavy atom. The van der Waals surface area contributed by atoms with Gasteiger partial charge in [-0.05, 0) is 63.4 Å². The number of benzene rings is 2. The highest BCUT2D eigenvalue weighted by Gasteiger charge is 2.43. The molecule has 2 aliphatic carbocycles. The van der Waals surface area contributed by atoms with Gasteiger partial charge >= 0.3 is 5.97 Å². The Labute approximate surface area is 236 Å². The predicted molar refractivity (Wildman–Crippen MR) is 161 cm³/mol. The fourth-order valence-corrected chi connectivity index (χ4v) is 6.95. The van der Waals surface area contributed by atoms with Crippen LogP contribution in [0.15, 0.2) is 77.2 Å². The highest BCUT2D eigenvalue weighted by atomic mass is 16.4. The first-order chi connectivity index (χ1) is 18.6. The minimum Gasteiger partial charge on any atom is -0.506 e. The van der Waals surface area contributed by atoms with E-state index in [2.05, 4.69) is 65.0 Å². The van der Waals surface area contributed by atoms with Crippen LogP contribution in [-0.2, 0) is 10.2 Å². The average molecular weight is 538 g/mol. The quantitative estimate of drug-likeness (QED) is 0.455. The Morgan fingerprint density at radius 3 is 2.42 bits per heavy atom. The van der Waals surface area contributed by atoms with Gasteiger partial charge in [0.2, 0.25) is 0 Å². The van der Waals surface area contributed by atoms with Gasteiger partial charge in [0.1, 0.15) is 5.76 Å². The van der Waals surface area contributed by atoms with Crippen molar-refractivity contribution in [3.8, 4) is 0 Å². The van der Waals surface area contributed by atoms with E-state index in [0.29, 0.717) is 23.5 Å². The van der Waals surface area contributed by atoms with Gasteiger partial charge in [-0.3, -0.25) is 4.79 Å². The topological polar surface area (TPSA) is 77.8 Å². The fourth-order valence-electron chi connectivity index (χ4n) is 6.95. The molecule has 3 aliphatic rings. The van der Waals surface area contributed by atoms with Gasteiger partial charge in [0.15, 0.2) is 5.78 Å². The Bertz CT molecular complexity index is 1680. The summed E-state index contributed by atoms with van der Waals surface area (Å²) < 4.78 is 0. The molecule has 40 heavy (non-hydrogen) atoms. The Balaban J connectivity index is 1.49. The molecule has 5 nitrogen and oxygen atoms in total. The number of aliphatic hydroxyl groups is 1. The average Bonchev–Trinajstić information content (AvgIpc) is 3.07. The van der Waals surface area contributed by atoms with Crippen molar-refractivity contribution >= 4 is 29.1 Å². The summed E-state index contributed by atoms with van der Waals surface area (Å²) in [6.45, 7) is 15.3. The summed E-state index contributed by atoms with van der Waals surface area (Å²) in [6, 6.07) is 13.6. The van der Waals surface area contributed by atoms with Crippen molar-refractivity contribution in [1.29, 1.82) is 0 Å². The summed E-state index contributed by atoms with van der Waals surface area (Å²) in [5.41, 5.74) is 4.04. The molecule has 2 aromatic rings. The van der Waals surface area contributed by atoms with Crippen LogP contribution in [0.5, 0.6) is 0 Å². The third-order valence-corrected chi connectivity index (χ3v) is 9.50. The third-order valence-electron chi connectivity index (χ3n) is 9.50. The summed E-state index contributed by atoms with van der Waals surface area (Å²) in [6.07, 6.45) is 6.62. The summed E-state index contributed by atoms with van der Waals surface area (Å²) >= 11 is 0. The SMILES string of the molecule is CC1C=c2ccccc2=C(C(C)(C)CC=C2C(=O)C(C=C3N(C)c4ccc(C(=O)O)cc4C3(C)C)=C2O)C1(C)C. The number of aromatic carboxylic acids is 1. The molecule has 0 saturated carbocycles. The number of rotatable bonds is 5. The maximum Gasteiger partial charge on any atom is 0.335 e. The van der Waals surface area contributed by atoms with Gasteiger partial charge < -0.3 is 15.1 Å². The second kappa shape index (κ2) is 9.09. The van der Waals surface area contributed by atoms with Crippen LogP contribution in [0.3, 0.4) is 0 Å². The van der Waals surface area contributed by atoms with Crippen LogP contribution in [0, 0.1) is 16.7 Å². The van der Waals surface area contributed by atoms with Crippen molar-refractivity contribution in [3.63, 3.8) is 0 Å². The highest BCUT2D eigenvalue weighted by Crippen LogP contribution is 2.50. The molecule has 0 fully saturated rings. The number of anilines is 1. The van der Waals surface area contributed by atoms with Crippen molar-refractivity contribution in [2.24, 2.45) is 16.7 Å². The van der Waals surface area contributed by atoms with E-state index in [9.17, 15) is 19.8 Å². The molecule has 1 aliphatic heterocycles. The molecule has 208 valence electrons. The lowest BCUT2D eigenvalue weighted by atomic mass is 9.60. The van der Waals surface area contributed by atoms with Crippen LogP contribution >= 0.6 is 0 Å². The summed E-state index contributed by atoms with van der Waals surface area (Å²) in [4.78, 5) is 26.8. The molecule has 2 aromatic carbocycles. The van der Waals surface area contributed by atoms with Gasteiger partial charge in [-0.2, -0.15) is 0 Å². The molecule has 5 heteroatoms. The zero-order valence-corrected chi connectivity index (χ0v) is 24.7. The first-order valence-electron chi connectivity index (χ1n) is 13.9. The molecular weight excluding hydrogens is 498 g/mol. The normalized spacial score (nSPS) is 23.2. The number of carbonyl (C=O) groups excluding carboxylic acids is 1. The lowest BCUT2D eigenvalue weighted by Gasteiger charge is -2.44. The van der Waals surface area contributed by atoms with Crippen LogP contribution in [0.1, 0.15) is 70.8 Å². The summed E-state index contributed by atoms with van der Waals surface area (Å²) in [5, 5.41) is 23.0. The molecule has 0 radical (unpaired) electrons. The summed E-state index contributed by atoms with van der Waals surface area (Å²) in [7, 11) is 1.90. The van der Waals surface area contributed by atoms with Gasteiger partial charge in [-0.1, -0.05) is 90.5 Å². The van der Waals surface area contributed by atoms with Crippen LogP contribution in [-0.4, -0.2) is 29.0 Å². The number of carboxylic acids is 1. The summed E-state index contributed by atoms with van der Waals surface area (Å²) in [5.74, 6) is -0.753. The lowest BCUT2D eigenvalue weighted by Crippen LogP contribution is -2.44. The monoisotopic (exact) mass is 537 g/mol. The molecule has 1 unspecified atom stereocenters. The minimum atomic E-state index is -0.975. The van der Waals surface area contributed by atoms with E-state index in [1.165, 1.54) is 16.0 Å². The van der Waals surface area contributed by atoms with E-state index in [4.69, 9.17) is 0 Å². The Kier molecular flexibility index (Phi) is 6.29. The van der Waals surface area contributed by atoms with Gasteiger partial charge in [0.05, 0.1) is 16.7 Å². The number of allylic oxidation sites excluding steroid dienone is 5. The highest BCUT2D eigenvalue weighted by molar-refractivity contribution is 6.21. The standard InChI is InChI=1S/C35H39NO4/c1-20-17-21-11-9-10-12-23(21)31(34(20,4)5)33(2,3)16-15-24-29(37)25(30(24)38)19-28-35(6,7)26-18-22(32(39)40)13-14-27(26)36(28)8/h9-15,17-20,37H,16H2,1-8H3,(H,39,40). The van der Waals surface area contributed by atoms with Crippen molar-refractivity contribution in [2.75, 3.05) is 11.9 Å². The number of carboxylic acid groups (broad SMARTS) is 1. The zero-order valence-electron chi connectivity index (χ0n) is 24.7. The molecule has 0 amide bonds. The number of fused-ring (bicyclic) bond motifs is 2. The van der Waals surface area contributed by atoms with Crippen LogP contribution < -0.4 is 15.3 Å². The third kappa shape index (κ3) is 4.06. The first kappa shape index (κ1) is 27.7. The molecule has 0 spiro atoms. The van der Waals surface area contributed by atoms with E-state index in [1.54, 1.807) is 24.3 Å². The van der Waals surface area contributed by atoms with Crippen LogP contribution in [0.25, 0.3) is 11.6 Å². The smallest absolute Gasteiger partial charge is 0.335 e. The molecule has 0 aromatic heterocycles. The van der Waals surface area contributed by atoms with Crippen molar-refractivity contribution in [1.82, 2.24) is 0 Å². The number of hydrogen-bond donors (Lipinski definition) is 2. The van der Waals surface area contributed by atoms with E-state index >= 15 is 0 Å². The van der Waals surface area contributed by atoms with Crippen LogP contribution in [0.2, 0.25) is 0 Å². The number of nitrogens with zero attached hydrogens (tertiary/aromatic N) is 1. The number of Topliss-reactive ketones (excluding diaryl/α,β-unsaturated/α-hetero) is 1. The Hall–Kier alpha value is -3.86. The van der Waals surface area contributed by atoms with Crippen molar-refractivity contribution in [3.05, 3.63) is 98.8 Å². The van der Waals surface area contributed by atoms with Gasteiger partial charge in [-0.15, -0.1) is 0 Å². The van der Waals surface area contributed by atoms with E-state index in [1.807, 2.05) is 31.9 Å². The first-order valence-corrected chi connectivity index (χ1v) is 13.9. The fraction of sp³-hybridized carbons (Fsp3) is 0.371. The lowest BCUT2D eigenvalue weighted by molar-refractivity contribution is -0.113. The molecular formula is C35H39NO4. The van der Waals surface area contributed by atoms with Crippen molar-refractivity contribution < 1.29 is 19.8 Å². The predicted octanol–water partition coefficient (Wildman–Crippen LogP) is 6.04. The van der Waals surface area contributed by atoms with Gasteiger partial charge in [0.25, 0.3) is 0 Å². The zero-order chi connectivity index (χ0) is 29.4. The molecule has 1 heterocycles. The Morgan fingerprint density at radius 2 is 1.77 bits per heavy atom. The number of carbonyl (C=O) groups is 2. The van der Waals surface area contributed by atoms with Gasteiger partial charge in [0, 0.05) is 23.8 Å². The maximum absolute atomic E-state index is 13.3. The number of likely N-dealkylation sites (N-methyl/N-ethyl adjacent to an activating group) is 1. The number of ketones is 1. The molecule has 5 rings (SSSR count). The van der Waals surface area contributed by atoms with Crippen LogP contribution in [0.4, 0.5) is 5.69 Å². The molecule has 2 N–H and O–H groups in total. The largest absolute Gasteiger partial charge is 0.506 e. The van der Waals surface area contributed by atoms with E-state index < -0.39 is 11.4 Å². The number of hydrogen-bond acceptors (Lipinski definition) is 4. The molecule has 0 bridgehead atoms. The van der Waals surface area contributed by atoms with E-state index in [0.717, 1.165) is 16.9 Å². The maximum atomic E-state index is 13.3. The van der Waals surface area contributed by atoms with Gasteiger partial charge in [-0.25, -0.2) is 4.79 Å². The van der Waals surface area contributed by atoms with Crippen molar-refractivity contribution in [2.45, 2.75) is 60.3 Å². The second-order valence-corrected chi connectivity index (χ2v) is 13.2. The number of aliphatic hydroxyl groups excluding tert-OH is 1. The molecule has 1 atom stereocenters. The van der Waals surface area contributed by atoms with E-state index in [-0.39, 0.29) is 27.9 Å².